The number of nitrogens with zero attached hydrogens (tertiary/aromatic N) is 2. The lowest BCUT2D eigenvalue weighted by Crippen LogP contribution is -2.19. The summed E-state index contributed by atoms with van der Waals surface area (Å²) >= 11 is 4.63. The number of hydrogen-bond donors (Lipinski definition) is 1. The molecule has 2 aromatic rings. The van der Waals surface area contributed by atoms with Gasteiger partial charge in [-0.3, -0.25) is 4.79 Å². The molecule has 0 fully saturated rings. The van der Waals surface area contributed by atoms with Crippen LogP contribution in [-0.2, 0) is 10.2 Å². The van der Waals surface area contributed by atoms with Gasteiger partial charge >= 0.3 is 0 Å². The Morgan fingerprint density at radius 2 is 1.83 bits per heavy atom. The predicted molar refractivity (Wildman–Crippen MR) is 101 cm³/mol. The Kier molecular flexibility index (Phi) is 6.50. The molecule has 1 aromatic heterocycles. The summed E-state index contributed by atoms with van der Waals surface area (Å²) in [5.41, 5.74) is 2.00. The van der Waals surface area contributed by atoms with Crippen molar-refractivity contribution in [2.45, 2.75) is 41.8 Å². The summed E-state index contributed by atoms with van der Waals surface area (Å²) in [6.07, 6.45) is 0. The first-order valence-corrected chi connectivity index (χ1v) is 10.2. The van der Waals surface area contributed by atoms with Gasteiger partial charge in [0.25, 0.3) is 0 Å². The van der Waals surface area contributed by atoms with Crippen molar-refractivity contribution in [1.82, 2.24) is 10.2 Å². The van der Waals surface area contributed by atoms with Crippen LogP contribution in [-0.4, -0.2) is 27.6 Å². The van der Waals surface area contributed by atoms with Gasteiger partial charge in [0.05, 0.1) is 5.75 Å². The van der Waals surface area contributed by atoms with Gasteiger partial charge in [0.2, 0.25) is 5.91 Å². The molecule has 0 aliphatic rings. The topological polar surface area (TPSA) is 54.9 Å². The van der Waals surface area contributed by atoms with Gasteiger partial charge in [-0.1, -0.05) is 80.8 Å². The average Bonchev–Trinajstić information content (AvgIpc) is 2.93. The van der Waals surface area contributed by atoms with Crippen molar-refractivity contribution in [3.63, 3.8) is 0 Å². The normalized spacial score (nSPS) is 11.5. The highest BCUT2D eigenvalue weighted by atomic mass is 32.2. The van der Waals surface area contributed by atoms with Gasteiger partial charge in [0, 0.05) is 5.69 Å². The molecular weight excluding hydrogens is 346 g/mol. The van der Waals surface area contributed by atoms with Crippen LogP contribution in [0.15, 0.2) is 32.9 Å². The lowest BCUT2D eigenvalue weighted by atomic mass is 9.86. The number of aromatic nitrogens is 2. The van der Waals surface area contributed by atoms with Crippen LogP contribution in [0.4, 0.5) is 5.69 Å². The van der Waals surface area contributed by atoms with Crippen molar-refractivity contribution in [3.8, 4) is 0 Å². The van der Waals surface area contributed by atoms with E-state index in [1.165, 1.54) is 23.1 Å². The molecule has 0 atom stereocenters. The monoisotopic (exact) mass is 367 g/mol. The van der Waals surface area contributed by atoms with Crippen molar-refractivity contribution in [2.24, 2.45) is 0 Å². The third-order valence-corrected chi connectivity index (χ3v) is 6.06. The Balaban J connectivity index is 1.95. The van der Waals surface area contributed by atoms with Crippen LogP contribution in [0, 0.1) is 0 Å². The van der Waals surface area contributed by atoms with E-state index >= 15 is 0 Å². The van der Waals surface area contributed by atoms with Crippen LogP contribution in [0.5, 0.6) is 0 Å². The second-order valence-electron chi connectivity index (χ2n) is 5.90. The second-order valence-corrected chi connectivity index (χ2v) is 9.61. The highest BCUT2D eigenvalue weighted by Gasteiger charge is 2.18. The van der Waals surface area contributed by atoms with Gasteiger partial charge in [-0.2, -0.15) is 0 Å². The largest absolute Gasteiger partial charge is 0.325 e. The average molecular weight is 368 g/mol. The van der Waals surface area contributed by atoms with E-state index in [-0.39, 0.29) is 11.3 Å². The third-order valence-electron chi connectivity index (χ3n) is 2.99. The summed E-state index contributed by atoms with van der Waals surface area (Å²) in [6, 6.07) is 7.95. The van der Waals surface area contributed by atoms with Crippen LogP contribution in [0.1, 0.15) is 33.3 Å². The molecule has 0 saturated heterocycles. The molecule has 1 aromatic carbocycles. The van der Waals surface area contributed by atoms with Gasteiger partial charge in [0.1, 0.15) is 0 Å². The Labute approximate surface area is 149 Å². The molecule has 7 heteroatoms. The number of hydrogen-bond acceptors (Lipinski definition) is 6. The van der Waals surface area contributed by atoms with Gasteiger partial charge in [-0.25, -0.2) is 0 Å². The molecule has 23 heavy (non-hydrogen) atoms. The number of benzene rings is 1. The zero-order valence-corrected chi connectivity index (χ0v) is 16.2. The molecule has 0 radical (unpaired) electrons. The standard InChI is InChI=1S/C16H21N3OS3/c1-5-21-14-18-19-15(23-14)22-10-13(20)17-12-9-7-6-8-11(12)16(2,3)4/h6-9H,5,10H2,1-4H3,(H,17,20). The molecule has 4 nitrogen and oxygen atoms in total. The first kappa shape index (κ1) is 18.3. The minimum atomic E-state index is -0.0217. The van der Waals surface area contributed by atoms with Crippen LogP contribution in [0.25, 0.3) is 0 Å². The quantitative estimate of drug-likeness (QED) is 0.751. The summed E-state index contributed by atoms with van der Waals surface area (Å²) in [4.78, 5) is 12.2. The predicted octanol–water partition coefficient (Wildman–Crippen LogP) is 4.68. The molecule has 0 bridgehead atoms. The van der Waals surface area contributed by atoms with Gasteiger partial charge < -0.3 is 5.32 Å². The molecule has 1 amide bonds. The van der Waals surface area contributed by atoms with Crippen molar-refractivity contribution < 1.29 is 4.79 Å². The summed E-state index contributed by atoms with van der Waals surface area (Å²) in [5, 5.41) is 11.2. The smallest absolute Gasteiger partial charge is 0.234 e. The van der Waals surface area contributed by atoms with Crippen LogP contribution < -0.4 is 5.32 Å². The summed E-state index contributed by atoms with van der Waals surface area (Å²) in [7, 11) is 0. The number of carbonyl (C=O) groups excluding carboxylic acids is 1. The lowest BCUT2D eigenvalue weighted by Gasteiger charge is -2.22. The van der Waals surface area contributed by atoms with Crippen molar-refractivity contribution in [2.75, 3.05) is 16.8 Å². The molecule has 124 valence electrons. The van der Waals surface area contributed by atoms with E-state index in [4.69, 9.17) is 0 Å². The van der Waals surface area contributed by atoms with E-state index in [1.807, 2.05) is 18.2 Å². The first-order chi connectivity index (χ1) is 10.9. The second kappa shape index (κ2) is 8.17. The zero-order chi connectivity index (χ0) is 16.9. The van der Waals surface area contributed by atoms with E-state index in [9.17, 15) is 4.79 Å². The number of carbonyl (C=O) groups is 1. The summed E-state index contributed by atoms with van der Waals surface area (Å²) < 4.78 is 1.79. The van der Waals surface area contributed by atoms with E-state index in [0.29, 0.717) is 5.75 Å². The Morgan fingerprint density at radius 3 is 2.48 bits per heavy atom. The minimum absolute atomic E-state index is 0.0114. The highest BCUT2D eigenvalue weighted by Crippen LogP contribution is 2.30. The van der Waals surface area contributed by atoms with E-state index in [1.54, 1.807) is 11.8 Å². The van der Waals surface area contributed by atoms with Crippen molar-refractivity contribution in [3.05, 3.63) is 29.8 Å². The molecule has 1 heterocycles. The van der Waals surface area contributed by atoms with E-state index < -0.39 is 0 Å². The number of amides is 1. The van der Waals surface area contributed by atoms with Gasteiger partial charge in [-0.05, 0) is 22.8 Å². The Bertz CT molecular complexity index is 665. The maximum Gasteiger partial charge on any atom is 0.234 e. The third kappa shape index (κ3) is 5.51. The first-order valence-electron chi connectivity index (χ1n) is 7.38. The zero-order valence-electron chi connectivity index (χ0n) is 13.8. The van der Waals surface area contributed by atoms with E-state index in [2.05, 4.69) is 49.3 Å². The minimum Gasteiger partial charge on any atom is -0.325 e. The highest BCUT2D eigenvalue weighted by molar-refractivity contribution is 8.03. The Hall–Kier alpha value is -1.05. The summed E-state index contributed by atoms with van der Waals surface area (Å²) in [5.74, 6) is 1.29. The fourth-order valence-electron chi connectivity index (χ4n) is 2.00. The molecule has 0 aliphatic heterocycles. The van der Waals surface area contributed by atoms with Crippen LogP contribution in [0.2, 0.25) is 0 Å². The SMILES string of the molecule is CCSc1nnc(SCC(=O)Nc2ccccc2C(C)(C)C)s1. The van der Waals surface area contributed by atoms with Gasteiger partial charge in [0.15, 0.2) is 8.68 Å². The van der Waals surface area contributed by atoms with Crippen molar-refractivity contribution in [1.29, 1.82) is 0 Å². The van der Waals surface area contributed by atoms with Crippen LogP contribution >= 0.6 is 34.9 Å². The molecular formula is C16H21N3OS3. The molecule has 0 unspecified atom stereocenters. The maximum absolute atomic E-state index is 12.2. The molecule has 0 saturated carbocycles. The maximum atomic E-state index is 12.2. The van der Waals surface area contributed by atoms with E-state index in [0.717, 1.165) is 25.7 Å². The van der Waals surface area contributed by atoms with Crippen LogP contribution in [0.3, 0.4) is 0 Å². The fraction of sp³-hybridized carbons (Fsp3) is 0.438. The molecule has 1 N–H and O–H groups in total. The number of rotatable bonds is 6. The number of nitrogens with one attached hydrogen (secondary N) is 1. The molecule has 0 spiro atoms. The Morgan fingerprint density at radius 1 is 1.17 bits per heavy atom. The molecule has 2 rings (SSSR count). The fourth-order valence-corrected chi connectivity index (χ4v) is 4.71. The summed E-state index contributed by atoms with van der Waals surface area (Å²) in [6.45, 7) is 8.50. The number of anilines is 1. The molecule has 0 aliphatic carbocycles. The lowest BCUT2D eigenvalue weighted by molar-refractivity contribution is -0.113. The number of para-hydroxylation sites is 1. The van der Waals surface area contributed by atoms with Gasteiger partial charge in [-0.15, -0.1) is 10.2 Å². The number of thioether (sulfide) groups is 2. The van der Waals surface area contributed by atoms with Crippen molar-refractivity contribution >= 4 is 46.5 Å².